The number of carbonyl (C=O) groups is 2. The average molecular weight is 370 g/mol. The largest absolute Gasteiger partial charge is 0.294 e. The number of nitrogens with zero attached hydrogens (tertiary/aromatic N) is 1. The van der Waals surface area contributed by atoms with Gasteiger partial charge in [0.1, 0.15) is 0 Å². The zero-order valence-electron chi connectivity index (χ0n) is 15.5. The molecule has 3 rings (SSSR count). The Morgan fingerprint density at radius 1 is 0.714 bits per heavy atom. The summed E-state index contributed by atoms with van der Waals surface area (Å²) in [7, 11) is 0. The molecule has 4 nitrogen and oxygen atoms in total. The van der Waals surface area contributed by atoms with E-state index in [1.165, 1.54) is 0 Å². The summed E-state index contributed by atoms with van der Waals surface area (Å²) in [5, 5.41) is 4.27. The third-order valence-electron chi connectivity index (χ3n) is 4.33. The first-order chi connectivity index (χ1) is 13.7. The molecule has 0 aliphatic carbocycles. The molecule has 0 aliphatic rings. The van der Waals surface area contributed by atoms with Gasteiger partial charge in [0.2, 0.25) is 5.91 Å². The Hall–Kier alpha value is -3.53. The van der Waals surface area contributed by atoms with E-state index in [1.54, 1.807) is 12.1 Å². The van der Waals surface area contributed by atoms with Crippen molar-refractivity contribution in [3.05, 3.63) is 108 Å². The van der Waals surface area contributed by atoms with Gasteiger partial charge in [-0.15, -0.1) is 0 Å². The van der Waals surface area contributed by atoms with E-state index in [0.717, 1.165) is 11.1 Å². The van der Waals surface area contributed by atoms with Gasteiger partial charge in [-0.2, -0.15) is 5.10 Å². The summed E-state index contributed by atoms with van der Waals surface area (Å²) in [5.41, 5.74) is 5.69. The maximum absolute atomic E-state index is 12.6. The van der Waals surface area contributed by atoms with Crippen LogP contribution in [-0.2, 0) is 11.2 Å². The van der Waals surface area contributed by atoms with Crippen molar-refractivity contribution in [3.8, 4) is 0 Å². The van der Waals surface area contributed by atoms with Crippen LogP contribution in [0.25, 0.3) is 0 Å². The second kappa shape index (κ2) is 9.97. The van der Waals surface area contributed by atoms with Crippen molar-refractivity contribution in [2.45, 2.75) is 19.3 Å². The fourth-order valence-corrected chi connectivity index (χ4v) is 2.80. The zero-order valence-corrected chi connectivity index (χ0v) is 15.5. The molecule has 0 aliphatic heterocycles. The SMILES string of the molecule is O=C(CCc1ccccc1)NN=C(CC(=O)c1ccccc1)c1ccccc1. The average Bonchev–Trinajstić information content (AvgIpc) is 2.77. The number of amides is 1. The van der Waals surface area contributed by atoms with Gasteiger partial charge in [0, 0.05) is 12.0 Å². The van der Waals surface area contributed by atoms with Crippen molar-refractivity contribution >= 4 is 17.4 Å². The molecule has 1 amide bonds. The Labute approximate surface area is 164 Å². The molecule has 0 heterocycles. The maximum Gasteiger partial charge on any atom is 0.240 e. The first-order valence-corrected chi connectivity index (χ1v) is 9.25. The number of carbonyl (C=O) groups excluding carboxylic acids is 2. The van der Waals surface area contributed by atoms with Crippen LogP contribution in [0.1, 0.15) is 34.3 Å². The van der Waals surface area contributed by atoms with Crippen LogP contribution in [0.15, 0.2) is 96.1 Å². The molecule has 0 spiro atoms. The predicted octanol–water partition coefficient (Wildman–Crippen LogP) is 4.41. The van der Waals surface area contributed by atoms with Crippen LogP contribution < -0.4 is 5.43 Å². The summed E-state index contributed by atoms with van der Waals surface area (Å²) >= 11 is 0. The van der Waals surface area contributed by atoms with E-state index < -0.39 is 0 Å². The lowest BCUT2D eigenvalue weighted by molar-refractivity contribution is -0.121. The summed E-state index contributed by atoms with van der Waals surface area (Å²) in [5.74, 6) is -0.216. The molecule has 0 unspecified atom stereocenters. The highest BCUT2D eigenvalue weighted by Crippen LogP contribution is 2.10. The molecule has 0 aromatic heterocycles. The molecular weight excluding hydrogens is 348 g/mol. The van der Waals surface area contributed by atoms with Crippen molar-refractivity contribution in [1.29, 1.82) is 0 Å². The summed E-state index contributed by atoms with van der Waals surface area (Å²) in [4.78, 5) is 24.8. The first kappa shape index (κ1) is 19.2. The number of Topliss-reactive ketones (excluding diaryl/α,β-unsaturated/α-hetero) is 1. The lowest BCUT2D eigenvalue weighted by atomic mass is 10.0. The van der Waals surface area contributed by atoms with Gasteiger partial charge in [-0.1, -0.05) is 91.0 Å². The predicted molar refractivity (Wildman–Crippen MR) is 111 cm³/mol. The molecule has 0 saturated heterocycles. The van der Waals surface area contributed by atoms with E-state index in [2.05, 4.69) is 10.5 Å². The van der Waals surface area contributed by atoms with Gasteiger partial charge in [-0.25, -0.2) is 5.43 Å². The second-order valence-corrected chi connectivity index (χ2v) is 6.41. The van der Waals surface area contributed by atoms with Crippen LogP contribution in [0.5, 0.6) is 0 Å². The minimum atomic E-state index is -0.176. The normalized spacial score (nSPS) is 11.1. The van der Waals surface area contributed by atoms with E-state index in [1.807, 2.05) is 78.9 Å². The fraction of sp³-hybridized carbons (Fsp3) is 0.125. The van der Waals surface area contributed by atoms with Gasteiger partial charge in [0.15, 0.2) is 5.78 Å². The molecule has 3 aromatic carbocycles. The van der Waals surface area contributed by atoms with Gasteiger partial charge >= 0.3 is 0 Å². The summed E-state index contributed by atoms with van der Waals surface area (Å²) in [6.45, 7) is 0. The molecule has 1 N–H and O–H groups in total. The topological polar surface area (TPSA) is 58.5 Å². The van der Waals surface area contributed by atoms with Gasteiger partial charge in [0.05, 0.1) is 12.1 Å². The van der Waals surface area contributed by atoms with Crippen LogP contribution in [0.2, 0.25) is 0 Å². The van der Waals surface area contributed by atoms with Crippen molar-refractivity contribution in [3.63, 3.8) is 0 Å². The van der Waals surface area contributed by atoms with Crippen LogP contribution in [0.4, 0.5) is 0 Å². The van der Waals surface area contributed by atoms with E-state index in [4.69, 9.17) is 0 Å². The lowest BCUT2D eigenvalue weighted by Gasteiger charge is -2.08. The molecule has 0 bridgehead atoms. The number of hydrogen-bond donors (Lipinski definition) is 1. The highest BCUT2D eigenvalue weighted by atomic mass is 16.2. The van der Waals surface area contributed by atoms with E-state index in [9.17, 15) is 9.59 Å². The first-order valence-electron chi connectivity index (χ1n) is 9.25. The van der Waals surface area contributed by atoms with E-state index >= 15 is 0 Å². The number of hydrogen-bond acceptors (Lipinski definition) is 3. The number of rotatable bonds is 8. The number of benzene rings is 3. The molecule has 0 radical (unpaired) electrons. The third kappa shape index (κ3) is 5.74. The standard InChI is InChI=1S/C24H22N2O2/c27-23(21-14-8-3-9-15-21)18-22(20-12-6-2-7-13-20)25-26-24(28)17-16-19-10-4-1-5-11-19/h1-15H,16-18H2,(H,26,28). The number of ketones is 1. The number of hydrazone groups is 1. The van der Waals surface area contributed by atoms with Crippen LogP contribution in [0.3, 0.4) is 0 Å². The van der Waals surface area contributed by atoms with Crippen LogP contribution >= 0.6 is 0 Å². The van der Waals surface area contributed by atoms with Crippen molar-refractivity contribution in [2.24, 2.45) is 5.10 Å². The molecule has 0 fully saturated rings. The Bertz CT molecular complexity index is 936. The van der Waals surface area contributed by atoms with E-state index in [-0.39, 0.29) is 18.1 Å². The monoisotopic (exact) mass is 370 g/mol. The van der Waals surface area contributed by atoms with Crippen LogP contribution in [0, 0.1) is 0 Å². The Morgan fingerprint density at radius 3 is 1.86 bits per heavy atom. The Kier molecular flexibility index (Phi) is 6.85. The highest BCUT2D eigenvalue weighted by Gasteiger charge is 2.13. The molecule has 3 aromatic rings. The highest BCUT2D eigenvalue weighted by molar-refractivity contribution is 6.15. The quantitative estimate of drug-likeness (QED) is 0.363. The molecule has 0 saturated carbocycles. The summed E-state index contributed by atoms with van der Waals surface area (Å²) < 4.78 is 0. The smallest absolute Gasteiger partial charge is 0.240 e. The molecule has 140 valence electrons. The van der Waals surface area contributed by atoms with Gasteiger partial charge in [0.25, 0.3) is 0 Å². The fourth-order valence-electron chi connectivity index (χ4n) is 2.80. The van der Waals surface area contributed by atoms with Gasteiger partial charge < -0.3 is 0 Å². The van der Waals surface area contributed by atoms with Gasteiger partial charge in [-0.05, 0) is 17.5 Å². The molecule has 28 heavy (non-hydrogen) atoms. The van der Waals surface area contributed by atoms with Gasteiger partial charge in [-0.3, -0.25) is 9.59 Å². The summed E-state index contributed by atoms with van der Waals surface area (Å²) in [6.07, 6.45) is 1.10. The molecule has 0 atom stereocenters. The molecular formula is C24H22N2O2. The van der Waals surface area contributed by atoms with Crippen LogP contribution in [-0.4, -0.2) is 17.4 Å². The van der Waals surface area contributed by atoms with Crippen molar-refractivity contribution < 1.29 is 9.59 Å². The minimum Gasteiger partial charge on any atom is -0.294 e. The Balaban J connectivity index is 1.68. The third-order valence-corrected chi connectivity index (χ3v) is 4.33. The van der Waals surface area contributed by atoms with Crippen molar-refractivity contribution in [1.82, 2.24) is 5.43 Å². The zero-order chi connectivity index (χ0) is 19.6. The van der Waals surface area contributed by atoms with Crippen molar-refractivity contribution in [2.75, 3.05) is 0 Å². The minimum absolute atomic E-state index is 0.0401. The number of aryl methyl sites for hydroxylation is 1. The number of nitrogens with one attached hydrogen (secondary N) is 1. The second-order valence-electron chi connectivity index (χ2n) is 6.41. The summed E-state index contributed by atoms with van der Waals surface area (Å²) in [6, 6.07) is 28.4. The lowest BCUT2D eigenvalue weighted by Crippen LogP contribution is -2.21. The Morgan fingerprint density at radius 2 is 1.25 bits per heavy atom. The molecule has 4 heteroatoms. The maximum atomic E-state index is 12.6. The van der Waals surface area contributed by atoms with E-state index in [0.29, 0.717) is 24.1 Å².